The van der Waals surface area contributed by atoms with Crippen LogP contribution in [0.15, 0.2) is 49.1 Å². The first kappa shape index (κ1) is 20.9. The maximum Gasteiger partial charge on any atom is 0.274 e. The van der Waals surface area contributed by atoms with Gasteiger partial charge in [-0.25, -0.2) is 15.0 Å². The van der Waals surface area contributed by atoms with E-state index in [0.29, 0.717) is 46.6 Å². The Morgan fingerprint density at radius 2 is 1.81 bits per heavy atom. The first-order valence-corrected chi connectivity index (χ1v) is 10.3. The van der Waals surface area contributed by atoms with E-state index >= 15 is 0 Å². The highest BCUT2D eigenvalue weighted by Crippen LogP contribution is 2.27. The van der Waals surface area contributed by atoms with Gasteiger partial charge in [-0.2, -0.15) is 0 Å². The van der Waals surface area contributed by atoms with Crippen LogP contribution in [0.25, 0.3) is 0 Å². The minimum Gasteiger partial charge on any atom is -0.337 e. The van der Waals surface area contributed by atoms with Gasteiger partial charge in [0, 0.05) is 48.3 Å². The molecule has 0 aliphatic carbocycles. The van der Waals surface area contributed by atoms with Crippen molar-refractivity contribution in [1.29, 1.82) is 0 Å². The van der Waals surface area contributed by atoms with Crippen molar-refractivity contribution in [3.63, 3.8) is 0 Å². The molecule has 1 aromatic carbocycles. The van der Waals surface area contributed by atoms with Crippen LogP contribution in [0, 0.1) is 6.92 Å². The van der Waals surface area contributed by atoms with Crippen LogP contribution < -0.4 is 5.32 Å². The Kier molecular flexibility index (Phi) is 6.18. The largest absolute Gasteiger partial charge is 0.337 e. The quantitative estimate of drug-likeness (QED) is 0.671. The van der Waals surface area contributed by atoms with Gasteiger partial charge >= 0.3 is 0 Å². The van der Waals surface area contributed by atoms with E-state index < -0.39 is 0 Å². The maximum absolute atomic E-state index is 12.6. The van der Waals surface area contributed by atoms with Gasteiger partial charge < -0.3 is 10.2 Å². The van der Waals surface area contributed by atoms with E-state index in [4.69, 9.17) is 11.6 Å². The van der Waals surface area contributed by atoms with E-state index in [1.807, 2.05) is 0 Å². The van der Waals surface area contributed by atoms with Gasteiger partial charge in [-0.15, -0.1) is 0 Å². The van der Waals surface area contributed by atoms with Crippen molar-refractivity contribution in [1.82, 2.24) is 24.8 Å². The monoisotopic (exact) mass is 436 g/mol. The van der Waals surface area contributed by atoms with Crippen LogP contribution in [0.1, 0.15) is 51.1 Å². The summed E-state index contributed by atoms with van der Waals surface area (Å²) in [4.78, 5) is 44.0. The zero-order valence-electron chi connectivity index (χ0n) is 17.0. The van der Waals surface area contributed by atoms with Gasteiger partial charge in [0.2, 0.25) is 0 Å². The fourth-order valence-corrected chi connectivity index (χ4v) is 3.67. The van der Waals surface area contributed by atoms with Crippen molar-refractivity contribution in [3.05, 3.63) is 76.9 Å². The van der Waals surface area contributed by atoms with Crippen LogP contribution in [0.4, 0.5) is 5.69 Å². The highest BCUT2D eigenvalue weighted by molar-refractivity contribution is 6.30. The van der Waals surface area contributed by atoms with E-state index in [9.17, 15) is 9.59 Å². The first-order chi connectivity index (χ1) is 15.0. The summed E-state index contributed by atoms with van der Waals surface area (Å²) in [6, 6.07) is 6.90. The maximum atomic E-state index is 12.6. The lowest BCUT2D eigenvalue weighted by molar-refractivity contribution is 0.0704. The fraction of sp³-hybridized carbons (Fsp3) is 0.273. The minimum absolute atomic E-state index is 0.113. The molecule has 0 saturated carbocycles. The Labute approximate surface area is 184 Å². The van der Waals surface area contributed by atoms with Crippen molar-refractivity contribution < 1.29 is 9.59 Å². The van der Waals surface area contributed by atoms with Crippen molar-refractivity contribution in [2.75, 3.05) is 18.4 Å². The number of halogens is 1. The van der Waals surface area contributed by atoms with Gasteiger partial charge in [0.05, 0.1) is 17.5 Å². The van der Waals surface area contributed by atoms with Crippen LogP contribution in [-0.2, 0) is 0 Å². The summed E-state index contributed by atoms with van der Waals surface area (Å²) in [5.41, 5.74) is 2.05. The summed E-state index contributed by atoms with van der Waals surface area (Å²) in [7, 11) is 0. The number of benzene rings is 1. The first-order valence-electron chi connectivity index (χ1n) is 9.97. The molecule has 3 aromatic rings. The number of carbonyl (C=O) groups excluding carboxylic acids is 2. The van der Waals surface area contributed by atoms with Crippen LogP contribution >= 0.6 is 11.6 Å². The van der Waals surface area contributed by atoms with E-state index in [2.05, 4.69) is 25.3 Å². The summed E-state index contributed by atoms with van der Waals surface area (Å²) in [6.45, 7) is 3.00. The number of piperidine rings is 1. The molecule has 4 rings (SSSR count). The highest BCUT2D eigenvalue weighted by Gasteiger charge is 2.27. The molecule has 0 unspecified atom stereocenters. The molecule has 8 nitrogen and oxygen atoms in total. The van der Waals surface area contributed by atoms with E-state index in [0.717, 1.165) is 12.8 Å². The molecule has 0 spiro atoms. The average molecular weight is 437 g/mol. The molecule has 1 saturated heterocycles. The number of amides is 2. The number of likely N-dealkylation sites (tertiary alicyclic amines) is 1. The number of hydrogen-bond acceptors (Lipinski definition) is 6. The molecule has 1 N–H and O–H groups in total. The number of anilines is 1. The van der Waals surface area contributed by atoms with E-state index in [1.54, 1.807) is 48.5 Å². The molecule has 9 heteroatoms. The standard InChI is InChI=1S/C22H21ClN6O2/c1-14-18(21(30)28-17-4-2-16(23)3-5-17)12-26-20(27-14)15-6-10-29(11-7-15)22(31)19-13-24-8-9-25-19/h2-5,8-9,12-13,15H,6-7,10-11H2,1H3,(H,28,30). The Morgan fingerprint density at radius 1 is 1.06 bits per heavy atom. The molecule has 3 heterocycles. The van der Waals surface area contributed by atoms with Crippen LogP contribution in [0.2, 0.25) is 5.02 Å². The summed E-state index contributed by atoms with van der Waals surface area (Å²) >= 11 is 5.88. The number of aromatic nitrogens is 4. The number of hydrogen-bond donors (Lipinski definition) is 1. The Morgan fingerprint density at radius 3 is 2.45 bits per heavy atom. The highest BCUT2D eigenvalue weighted by atomic mass is 35.5. The molecule has 1 fully saturated rings. The fourth-order valence-electron chi connectivity index (χ4n) is 3.55. The molecule has 158 valence electrons. The molecule has 0 bridgehead atoms. The van der Waals surface area contributed by atoms with Crippen molar-refractivity contribution in [2.45, 2.75) is 25.7 Å². The Bertz CT molecular complexity index is 1080. The molecule has 1 aliphatic rings. The zero-order chi connectivity index (χ0) is 21.8. The SMILES string of the molecule is Cc1nc(C2CCN(C(=O)c3cnccn3)CC2)ncc1C(=O)Nc1ccc(Cl)cc1. The summed E-state index contributed by atoms with van der Waals surface area (Å²) in [5, 5.41) is 3.43. The second-order valence-corrected chi connectivity index (χ2v) is 7.78. The van der Waals surface area contributed by atoms with Crippen molar-refractivity contribution >= 4 is 29.1 Å². The predicted molar refractivity (Wildman–Crippen MR) is 116 cm³/mol. The van der Waals surface area contributed by atoms with Gasteiger partial charge in [-0.3, -0.25) is 14.6 Å². The average Bonchev–Trinajstić information content (AvgIpc) is 2.80. The number of rotatable bonds is 4. The third-order valence-electron chi connectivity index (χ3n) is 5.27. The summed E-state index contributed by atoms with van der Waals surface area (Å²) in [5.74, 6) is 0.457. The summed E-state index contributed by atoms with van der Waals surface area (Å²) in [6.07, 6.45) is 7.61. The van der Waals surface area contributed by atoms with Gasteiger partial charge in [0.15, 0.2) is 0 Å². The van der Waals surface area contributed by atoms with Crippen LogP contribution in [-0.4, -0.2) is 49.7 Å². The summed E-state index contributed by atoms with van der Waals surface area (Å²) < 4.78 is 0. The lowest BCUT2D eigenvalue weighted by Gasteiger charge is -2.31. The molecule has 0 radical (unpaired) electrons. The van der Waals surface area contributed by atoms with Gasteiger partial charge in [-0.1, -0.05) is 11.6 Å². The van der Waals surface area contributed by atoms with Crippen molar-refractivity contribution in [3.8, 4) is 0 Å². The Hall–Kier alpha value is -3.39. The molecular formula is C22H21ClN6O2. The second kappa shape index (κ2) is 9.18. The van der Waals surface area contributed by atoms with Crippen LogP contribution in [0.3, 0.4) is 0 Å². The minimum atomic E-state index is -0.268. The van der Waals surface area contributed by atoms with Gasteiger partial charge in [0.25, 0.3) is 11.8 Å². The van der Waals surface area contributed by atoms with Gasteiger partial charge in [0.1, 0.15) is 11.5 Å². The number of nitrogens with zero attached hydrogens (tertiary/aromatic N) is 5. The normalized spacial score (nSPS) is 14.3. The second-order valence-electron chi connectivity index (χ2n) is 7.35. The third kappa shape index (κ3) is 4.86. The van der Waals surface area contributed by atoms with E-state index in [1.165, 1.54) is 12.4 Å². The lowest BCUT2D eigenvalue weighted by Crippen LogP contribution is -2.38. The number of carbonyl (C=O) groups is 2. The van der Waals surface area contributed by atoms with E-state index in [-0.39, 0.29) is 17.7 Å². The Balaban J connectivity index is 1.39. The van der Waals surface area contributed by atoms with Gasteiger partial charge in [-0.05, 0) is 44.0 Å². The number of nitrogens with one attached hydrogen (secondary N) is 1. The smallest absolute Gasteiger partial charge is 0.274 e. The number of aryl methyl sites for hydroxylation is 1. The topological polar surface area (TPSA) is 101 Å². The molecular weight excluding hydrogens is 416 g/mol. The molecule has 2 aromatic heterocycles. The predicted octanol–water partition coefficient (Wildman–Crippen LogP) is 3.50. The van der Waals surface area contributed by atoms with Crippen LogP contribution in [0.5, 0.6) is 0 Å². The zero-order valence-corrected chi connectivity index (χ0v) is 17.7. The lowest BCUT2D eigenvalue weighted by atomic mass is 9.95. The third-order valence-corrected chi connectivity index (χ3v) is 5.53. The molecule has 1 aliphatic heterocycles. The molecule has 31 heavy (non-hydrogen) atoms. The molecule has 2 amide bonds. The van der Waals surface area contributed by atoms with Crippen molar-refractivity contribution in [2.24, 2.45) is 0 Å². The molecule has 0 atom stereocenters.